The topological polar surface area (TPSA) is 18.5 Å². The SMILES string of the molecule is C=CCCCCCCOc1ccc(-c2ccc(OCCCCCCC=C)cc2)cc1. The van der Waals surface area contributed by atoms with Crippen LogP contribution in [0.4, 0.5) is 0 Å². The smallest absolute Gasteiger partial charge is 0.119 e. The zero-order valence-electron chi connectivity index (χ0n) is 18.5. The predicted molar refractivity (Wildman–Crippen MR) is 129 cm³/mol. The van der Waals surface area contributed by atoms with Crippen molar-refractivity contribution in [3.63, 3.8) is 0 Å². The van der Waals surface area contributed by atoms with Crippen LogP contribution in [0, 0.1) is 0 Å². The molecule has 30 heavy (non-hydrogen) atoms. The second-order valence-corrected chi connectivity index (χ2v) is 7.73. The number of benzene rings is 2. The Bertz CT molecular complexity index is 637. The van der Waals surface area contributed by atoms with E-state index in [1.807, 2.05) is 12.2 Å². The number of ether oxygens (including phenoxy) is 2. The molecule has 0 aliphatic rings. The van der Waals surface area contributed by atoms with Crippen molar-refractivity contribution in [2.75, 3.05) is 13.2 Å². The molecule has 2 heteroatoms. The van der Waals surface area contributed by atoms with Gasteiger partial charge < -0.3 is 9.47 Å². The van der Waals surface area contributed by atoms with Crippen LogP contribution >= 0.6 is 0 Å². The lowest BCUT2D eigenvalue weighted by atomic mass is 10.1. The molecule has 0 amide bonds. The summed E-state index contributed by atoms with van der Waals surface area (Å²) in [6, 6.07) is 16.7. The molecule has 0 spiro atoms. The van der Waals surface area contributed by atoms with Gasteiger partial charge in [-0.2, -0.15) is 0 Å². The van der Waals surface area contributed by atoms with Gasteiger partial charge in [0, 0.05) is 0 Å². The van der Waals surface area contributed by atoms with Crippen LogP contribution < -0.4 is 9.47 Å². The lowest BCUT2D eigenvalue weighted by Gasteiger charge is -2.09. The third-order valence-corrected chi connectivity index (χ3v) is 5.18. The van der Waals surface area contributed by atoms with E-state index in [0.717, 1.165) is 50.4 Å². The molecule has 2 aromatic carbocycles. The Morgan fingerprint density at radius 1 is 0.500 bits per heavy atom. The van der Waals surface area contributed by atoms with E-state index in [2.05, 4.69) is 61.7 Å². The molecule has 2 rings (SSSR count). The Morgan fingerprint density at radius 2 is 0.867 bits per heavy atom. The van der Waals surface area contributed by atoms with Gasteiger partial charge in [0.1, 0.15) is 11.5 Å². The Balaban J connectivity index is 1.66. The highest BCUT2D eigenvalue weighted by molar-refractivity contribution is 5.64. The molecule has 2 aromatic rings. The molecule has 0 aliphatic carbocycles. The van der Waals surface area contributed by atoms with E-state index >= 15 is 0 Å². The van der Waals surface area contributed by atoms with Crippen molar-refractivity contribution in [3.05, 3.63) is 73.8 Å². The van der Waals surface area contributed by atoms with Gasteiger partial charge in [-0.25, -0.2) is 0 Å². The average Bonchev–Trinajstić information content (AvgIpc) is 2.79. The highest BCUT2D eigenvalue weighted by Gasteiger charge is 2.01. The average molecular weight is 407 g/mol. The summed E-state index contributed by atoms with van der Waals surface area (Å²) in [4.78, 5) is 0. The predicted octanol–water partition coefficient (Wildman–Crippen LogP) is 8.38. The summed E-state index contributed by atoms with van der Waals surface area (Å²) in [7, 11) is 0. The van der Waals surface area contributed by atoms with Gasteiger partial charge in [-0.15, -0.1) is 13.2 Å². The fraction of sp³-hybridized carbons (Fsp3) is 0.429. The summed E-state index contributed by atoms with van der Waals surface area (Å²) < 4.78 is 11.7. The Kier molecular flexibility index (Phi) is 12.2. The van der Waals surface area contributed by atoms with Crippen molar-refractivity contribution in [1.29, 1.82) is 0 Å². The molecule has 0 N–H and O–H groups in total. The first-order valence-corrected chi connectivity index (χ1v) is 11.5. The molecule has 0 unspecified atom stereocenters. The molecule has 162 valence electrons. The maximum Gasteiger partial charge on any atom is 0.119 e. The molecule has 2 nitrogen and oxygen atoms in total. The summed E-state index contributed by atoms with van der Waals surface area (Å²) in [5.74, 6) is 1.88. The molecule has 0 bridgehead atoms. The van der Waals surface area contributed by atoms with Crippen LogP contribution in [0.1, 0.15) is 64.2 Å². The quantitative estimate of drug-likeness (QED) is 0.194. The number of rotatable bonds is 17. The molecule has 0 fully saturated rings. The number of hydrogen-bond donors (Lipinski definition) is 0. The zero-order chi connectivity index (χ0) is 21.3. The number of allylic oxidation sites excluding steroid dienone is 2. The molecular formula is C28H38O2. The highest BCUT2D eigenvalue weighted by Crippen LogP contribution is 2.25. The van der Waals surface area contributed by atoms with Crippen LogP contribution in [0.3, 0.4) is 0 Å². The molecule has 0 radical (unpaired) electrons. The molecule has 0 aromatic heterocycles. The van der Waals surface area contributed by atoms with Crippen molar-refractivity contribution < 1.29 is 9.47 Å². The van der Waals surface area contributed by atoms with E-state index in [1.165, 1.54) is 49.7 Å². The summed E-state index contributed by atoms with van der Waals surface area (Å²) in [6.07, 6.45) is 15.8. The van der Waals surface area contributed by atoms with E-state index < -0.39 is 0 Å². The minimum Gasteiger partial charge on any atom is -0.494 e. The number of unbranched alkanes of at least 4 members (excludes halogenated alkanes) is 8. The second-order valence-electron chi connectivity index (χ2n) is 7.73. The van der Waals surface area contributed by atoms with Crippen LogP contribution in [0.2, 0.25) is 0 Å². The molecule has 0 atom stereocenters. The van der Waals surface area contributed by atoms with Crippen LogP contribution in [-0.4, -0.2) is 13.2 Å². The summed E-state index contributed by atoms with van der Waals surface area (Å²) in [6.45, 7) is 9.09. The Hall–Kier alpha value is -2.48. The zero-order valence-corrected chi connectivity index (χ0v) is 18.5. The minimum atomic E-state index is 0.785. The normalized spacial score (nSPS) is 10.5. The van der Waals surface area contributed by atoms with Crippen molar-refractivity contribution >= 4 is 0 Å². The van der Waals surface area contributed by atoms with Gasteiger partial charge in [0.2, 0.25) is 0 Å². The summed E-state index contributed by atoms with van der Waals surface area (Å²) >= 11 is 0. The maximum atomic E-state index is 5.86. The van der Waals surface area contributed by atoms with Gasteiger partial charge in [-0.05, 0) is 73.9 Å². The molecule has 0 saturated carbocycles. The van der Waals surface area contributed by atoms with Crippen LogP contribution in [-0.2, 0) is 0 Å². The first-order chi connectivity index (χ1) is 14.8. The standard InChI is InChI=1S/C28H38O2/c1-3-5-7-9-11-13-23-29-27-19-15-25(16-20-27)26-17-21-28(22-18-26)30-24-14-12-10-8-6-4-2/h3-4,15-22H,1-2,5-14,23-24H2. The van der Waals surface area contributed by atoms with Crippen LogP contribution in [0.5, 0.6) is 11.5 Å². The largest absolute Gasteiger partial charge is 0.494 e. The molecular weight excluding hydrogens is 368 g/mol. The monoisotopic (exact) mass is 406 g/mol. The van der Waals surface area contributed by atoms with E-state index in [9.17, 15) is 0 Å². The minimum absolute atomic E-state index is 0.785. The summed E-state index contributed by atoms with van der Waals surface area (Å²) in [5, 5.41) is 0. The highest BCUT2D eigenvalue weighted by atomic mass is 16.5. The van der Waals surface area contributed by atoms with Gasteiger partial charge in [-0.3, -0.25) is 0 Å². The van der Waals surface area contributed by atoms with E-state index in [1.54, 1.807) is 0 Å². The second kappa shape index (κ2) is 15.4. The van der Waals surface area contributed by atoms with Crippen LogP contribution in [0.25, 0.3) is 11.1 Å². The Labute approximate surface area is 183 Å². The third-order valence-electron chi connectivity index (χ3n) is 5.18. The fourth-order valence-corrected chi connectivity index (χ4v) is 3.36. The van der Waals surface area contributed by atoms with Crippen molar-refractivity contribution in [3.8, 4) is 22.6 Å². The lowest BCUT2D eigenvalue weighted by molar-refractivity contribution is 0.304. The van der Waals surface area contributed by atoms with Gasteiger partial charge >= 0.3 is 0 Å². The van der Waals surface area contributed by atoms with Crippen molar-refractivity contribution in [2.45, 2.75) is 64.2 Å². The maximum absolute atomic E-state index is 5.86. The van der Waals surface area contributed by atoms with Gasteiger partial charge in [0.25, 0.3) is 0 Å². The Morgan fingerprint density at radius 3 is 1.23 bits per heavy atom. The van der Waals surface area contributed by atoms with E-state index in [-0.39, 0.29) is 0 Å². The molecule has 0 aliphatic heterocycles. The van der Waals surface area contributed by atoms with Gasteiger partial charge in [0.15, 0.2) is 0 Å². The molecule has 0 heterocycles. The summed E-state index contributed by atoms with van der Waals surface area (Å²) in [5.41, 5.74) is 2.39. The van der Waals surface area contributed by atoms with Gasteiger partial charge in [-0.1, -0.05) is 62.1 Å². The lowest BCUT2D eigenvalue weighted by Crippen LogP contribution is -1.97. The van der Waals surface area contributed by atoms with Crippen LogP contribution in [0.15, 0.2) is 73.8 Å². The number of hydrogen-bond acceptors (Lipinski definition) is 2. The first-order valence-electron chi connectivity index (χ1n) is 11.5. The first kappa shape index (κ1) is 23.8. The van der Waals surface area contributed by atoms with Crippen molar-refractivity contribution in [2.24, 2.45) is 0 Å². The fourth-order valence-electron chi connectivity index (χ4n) is 3.36. The van der Waals surface area contributed by atoms with E-state index in [0.29, 0.717) is 0 Å². The van der Waals surface area contributed by atoms with E-state index in [4.69, 9.17) is 9.47 Å². The van der Waals surface area contributed by atoms with Gasteiger partial charge in [0.05, 0.1) is 13.2 Å². The molecule has 0 saturated heterocycles. The third kappa shape index (κ3) is 9.82. The van der Waals surface area contributed by atoms with Crippen molar-refractivity contribution in [1.82, 2.24) is 0 Å².